The Hall–Kier alpha value is -2.96. The van der Waals surface area contributed by atoms with E-state index in [1.54, 1.807) is 24.3 Å². The monoisotopic (exact) mass is 255 g/mol. The van der Waals surface area contributed by atoms with Gasteiger partial charge in [-0.25, -0.2) is 24.3 Å². The van der Waals surface area contributed by atoms with E-state index in [2.05, 4.69) is 15.0 Å². The van der Waals surface area contributed by atoms with Crippen molar-refractivity contribution in [3.8, 4) is 5.75 Å². The molecule has 7 heteroatoms. The zero-order valence-corrected chi connectivity index (χ0v) is 9.72. The lowest BCUT2D eigenvalue weighted by atomic mass is 10.3. The maximum atomic E-state index is 12.0. The van der Waals surface area contributed by atoms with Gasteiger partial charge in [0.05, 0.1) is 0 Å². The molecule has 0 aliphatic heterocycles. The fourth-order valence-electron chi connectivity index (χ4n) is 1.63. The first kappa shape index (κ1) is 11.1. The Labute approximate surface area is 107 Å². The van der Waals surface area contributed by atoms with Crippen molar-refractivity contribution in [2.24, 2.45) is 0 Å². The van der Waals surface area contributed by atoms with E-state index in [1.807, 2.05) is 6.07 Å². The summed E-state index contributed by atoms with van der Waals surface area (Å²) < 4.78 is 6.37. The molecule has 0 unspecified atom stereocenters. The maximum Gasteiger partial charge on any atom is 0.426 e. The molecule has 0 aliphatic carbocycles. The summed E-state index contributed by atoms with van der Waals surface area (Å²) in [7, 11) is 0. The van der Waals surface area contributed by atoms with Gasteiger partial charge in [-0.1, -0.05) is 18.2 Å². The molecule has 0 radical (unpaired) electrons. The Bertz CT molecular complexity index is 738. The number of fused-ring (bicyclic) bond motifs is 1. The van der Waals surface area contributed by atoms with Gasteiger partial charge in [0.15, 0.2) is 17.0 Å². The van der Waals surface area contributed by atoms with Crippen molar-refractivity contribution in [1.29, 1.82) is 0 Å². The zero-order chi connectivity index (χ0) is 13.2. The number of nitrogen functional groups attached to an aromatic ring is 1. The number of nitrogens with zero attached hydrogens (tertiary/aromatic N) is 4. The molecule has 0 bridgehead atoms. The lowest BCUT2D eigenvalue weighted by Crippen LogP contribution is -2.16. The fourth-order valence-corrected chi connectivity index (χ4v) is 1.63. The molecule has 0 atom stereocenters. The quantitative estimate of drug-likeness (QED) is 0.707. The third-order valence-electron chi connectivity index (χ3n) is 2.51. The van der Waals surface area contributed by atoms with Gasteiger partial charge in [-0.05, 0) is 12.1 Å². The molecule has 1 aromatic carbocycles. The van der Waals surface area contributed by atoms with Crippen LogP contribution in [0.4, 0.5) is 10.6 Å². The molecule has 2 N–H and O–H groups in total. The van der Waals surface area contributed by atoms with Crippen molar-refractivity contribution in [2.45, 2.75) is 0 Å². The highest BCUT2D eigenvalue weighted by atomic mass is 16.6. The van der Waals surface area contributed by atoms with Crippen LogP contribution in [0.25, 0.3) is 11.2 Å². The minimum Gasteiger partial charge on any atom is -0.410 e. The van der Waals surface area contributed by atoms with Crippen molar-refractivity contribution < 1.29 is 9.53 Å². The standard InChI is InChI=1S/C12H9N5O2/c13-10-9-11(15-6-14-10)17(7-16-9)12(18)19-8-4-2-1-3-5-8/h1-7H,(H2,13,14,15). The number of hydrogen-bond acceptors (Lipinski definition) is 6. The van der Waals surface area contributed by atoms with Crippen LogP contribution >= 0.6 is 0 Å². The van der Waals surface area contributed by atoms with E-state index in [1.165, 1.54) is 17.2 Å². The molecular weight excluding hydrogens is 246 g/mol. The third-order valence-corrected chi connectivity index (χ3v) is 2.51. The highest BCUT2D eigenvalue weighted by molar-refractivity contribution is 5.89. The lowest BCUT2D eigenvalue weighted by molar-refractivity contribution is 0.203. The van der Waals surface area contributed by atoms with Crippen LogP contribution < -0.4 is 10.5 Å². The molecule has 0 saturated heterocycles. The van der Waals surface area contributed by atoms with E-state index in [-0.39, 0.29) is 5.82 Å². The number of para-hydroxylation sites is 1. The van der Waals surface area contributed by atoms with E-state index in [0.717, 1.165) is 0 Å². The first-order valence-corrected chi connectivity index (χ1v) is 5.46. The third kappa shape index (κ3) is 1.97. The number of anilines is 1. The predicted octanol–water partition coefficient (Wildman–Crippen LogP) is 1.46. The Balaban J connectivity index is 1.96. The normalized spacial score (nSPS) is 10.5. The Morgan fingerprint density at radius 2 is 1.95 bits per heavy atom. The van der Waals surface area contributed by atoms with Crippen molar-refractivity contribution in [3.05, 3.63) is 43.0 Å². The van der Waals surface area contributed by atoms with Crippen LogP contribution in [0, 0.1) is 0 Å². The van der Waals surface area contributed by atoms with Crippen molar-refractivity contribution in [3.63, 3.8) is 0 Å². The van der Waals surface area contributed by atoms with Crippen LogP contribution in [-0.4, -0.2) is 25.6 Å². The highest BCUT2D eigenvalue weighted by Crippen LogP contribution is 2.16. The molecule has 2 aromatic heterocycles. The molecule has 0 amide bonds. The van der Waals surface area contributed by atoms with Crippen LogP contribution in [0.2, 0.25) is 0 Å². The molecule has 0 spiro atoms. The number of carbonyl (C=O) groups is 1. The van der Waals surface area contributed by atoms with E-state index >= 15 is 0 Å². The summed E-state index contributed by atoms with van der Waals surface area (Å²) >= 11 is 0. The second-order valence-corrected chi connectivity index (χ2v) is 3.73. The highest BCUT2D eigenvalue weighted by Gasteiger charge is 2.15. The Kier molecular flexibility index (Phi) is 2.57. The average Bonchev–Trinajstić information content (AvgIpc) is 2.85. The summed E-state index contributed by atoms with van der Waals surface area (Å²) in [6.07, 6.45) is 1.97. The van der Waals surface area contributed by atoms with E-state index in [0.29, 0.717) is 16.9 Å². The van der Waals surface area contributed by atoms with Crippen LogP contribution in [0.5, 0.6) is 5.75 Å². The number of carbonyl (C=O) groups excluding carboxylic acids is 1. The largest absolute Gasteiger partial charge is 0.426 e. The number of hydrogen-bond donors (Lipinski definition) is 1. The van der Waals surface area contributed by atoms with Gasteiger partial charge in [-0.3, -0.25) is 0 Å². The molecule has 0 saturated carbocycles. The summed E-state index contributed by atoms with van der Waals surface area (Å²) in [6.45, 7) is 0. The predicted molar refractivity (Wildman–Crippen MR) is 67.6 cm³/mol. The minimum absolute atomic E-state index is 0.219. The first-order chi connectivity index (χ1) is 9.25. The number of aromatic nitrogens is 4. The number of imidazole rings is 1. The minimum atomic E-state index is -0.605. The van der Waals surface area contributed by atoms with Crippen LogP contribution in [-0.2, 0) is 0 Å². The topological polar surface area (TPSA) is 95.9 Å². The summed E-state index contributed by atoms with van der Waals surface area (Å²) in [4.78, 5) is 23.8. The SMILES string of the molecule is Nc1ncnc2c1ncn2C(=O)Oc1ccccc1. The molecular formula is C12H9N5O2. The number of rotatable bonds is 1. The van der Waals surface area contributed by atoms with Gasteiger partial charge in [-0.2, -0.15) is 0 Å². The average molecular weight is 255 g/mol. The molecule has 7 nitrogen and oxygen atoms in total. The van der Waals surface area contributed by atoms with E-state index in [9.17, 15) is 4.79 Å². The molecule has 0 aliphatic rings. The summed E-state index contributed by atoms with van der Waals surface area (Å²) in [5.41, 5.74) is 6.32. The first-order valence-electron chi connectivity index (χ1n) is 5.46. The van der Waals surface area contributed by atoms with Crippen LogP contribution in [0.1, 0.15) is 0 Å². The second kappa shape index (κ2) is 4.37. The summed E-state index contributed by atoms with van der Waals surface area (Å²) in [5.74, 6) is 0.660. The van der Waals surface area contributed by atoms with Gasteiger partial charge in [0.2, 0.25) is 0 Å². The van der Waals surface area contributed by atoms with Crippen molar-refractivity contribution >= 4 is 23.1 Å². The molecule has 3 aromatic rings. The molecule has 2 heterocycles. The molecule has 0 fully saturated rings. The van der Waals surface area contributed by atoms with E-state index < -0.39 is 6.09 Å². The van der Waals surface area contributed by atoms with Crippen molar-refractivity contribution in [1.82, 2.24) is 19.5 Å². The van der Waals surface area contributed by atoms with Gasteiger partial charge in [0, 0.05) is 0 Å². The smallest absolute Gasteiger partial charge is 0.410 e. The van der Waals surface area contributed by atoms with Crippen molar-refractivity contribution in [2.75, 3.05) is 5.73 Å². The lowest BCUT2D eigenvalue weighted by Gasteiger charge is -2.04. The van der Waals surface area contributed by atoms with Crippen LogP contribution in [0.3, 0.4) is 0 Å². The Morgan fingerprint density at radius 1 is 1.16 bits per heavy atom. The molecule has 3 rings (SSSR count). The van der Waals surface area contributed by atoms with Gasteiger partial charge < -0.3 is 10.5 Å². The zero-order valence-electron chi connectivity index (χ0n) is 9.72. The second-order valence-electron chi connectivity index (χ2n) is 3.73. The van der Waals surface area contributed by atoms with Gasteiger partial charge >= 0.3 is 6.09 Å². The van der Waals surface area contributed by atoms with Crippen LogP contribution in [0.15, 0.2) is 43.0 Å². The fraction of sp³-hybridized carbons (Fsp3) is 0. The van der Waals surface area contributed by atoms with Gasteiger partial charge in [0.1, 0.15) is 18.4 Å². The maximum absolute atomic E-state index is 12.0. The number of ether oxygens (including phenoxy) is 1. The number of nitrogens with two attached hydrogens (primary N) is 1. The summed E-state index contributed by atoms with van der Waals surface area (Å²) in [5, 5.41) is 0. The molecule has 94 valence electrons. The number of benzene rings is 1. The molecule has 19 heavy (non-hydrogen) atoms. The van der Waals surface area contributed by atoms with Gasteiger partial charge in [-0.15, -0.1) is 0 Å². The Morgan fingerprint density at radius 3 is 2.74 bits per heavy atom. The van der Waals surface area contributed by atoms with Gasteiger partial charge in [0.25, 0.3) is 0 Å². The van der Waals surface area contributed by atoms with E-state index in [4.69, 9.17) is 10.5 Å². The summed E-state index contributed by atoms with van der Waals surface area (Å²) in [6, 6.07) is 8.74.